The van der Waals surface area contributed by atoms with E-state index in [1.54, 1.807) is 35.4 Å². The van der Waals surface area contributed by atoms with Crippen molar-refractivity contribution in [3.8, 4) is 16.9 Å². The fourth-order valence-corrected chi connectivity index (χ4v) is 4.24. The molecule has 0 unspecified atom stereocenters. The van der Waals surface area contributed by atoms with Gasteiger partial charge in [-0.1, -0.05) is 24.3 Å². The Bertz CT molecular complexity index is 1320. The van der Waals surface area contributed by atoms with Gasteiger partial charge in [-0.05, 0) is 49.2 Å². The first-order valence-corrected chi connectivity index (χ1v) is 10.8. The van der Waals surface area contributed by atoms with Crippen LogP contribution in [0.25, 0.3) is 22.2 Å². The second-order valence-electron chi connectivity index (χ2n) is 7.99. The predicted octanol–water partition coefficient (Wildman–Crippen LogP) is 5.18. The molecule has 0 saturated carbocycles. The Morgan fingerprint density at radius 3 is 2.64 bits per heavy atom. The lowest BCUT2D eigenvalue weighted by atomic mass is 10.1. The van der Waals surface area contributed by atoms with E-state index >= 15 is 0 Å². The van der Waals surface area contributed by atoms with Gasteiger partial charge in [0.2, 0.25) is 5.91 Å². The smallest absolute Gasteiger partial charge is 0.387 e. The van der Waals surface area contributed by atoms with E-state index in [0.29, 0.717) is 30.9 Å². The van der Waals surface area contributed by atoms with Crippen LogP contribution in [0.15, 0.2) is 60.8 Å². The minimum Gasteiger partial charge on any atom is -0.434 e. The Morgan fingerprint density at radius 2 is 1.91 bits per heavy atom. The number of anilines is 1. The number of amides is 1. The Balaban J connectivity index is 1.48. The summed E-state index contributed by atoms with van der Waals surface area (Å²) in [7, 11) is 0. The number of rotatable bonds is 6. The van der Waals surface area contributed by atoms with E-state index in [4.69, 9.17) is 4.74 Å². The van der Waals surface area contributed by atoms with E-state index in [1.807, 2.05) is 41.8 Å². The maximum atomic E-state index is 12.8. The van der Waals surface area contributed by atoms with Crippen molar-refractivity contribution in [1.29, 1.82) is 0 Å². The van der Waals surface area contributed by atoms with Crippen molar-refractivity contribution in [2.45, 2.75) is 32.9 Å². The number of aryl methyl sites for hydroxylation is 1. The molecule has 1 aliphatic rings. The number of pyridine rings is 1. The molecule has 2 aromatic heterocycles. The molecule has 0 radical (unpaired) electrons. The van der Waals surface area contributed by atoms with Gasteiger partial charge in [-0.15, -0.1) is 0 Å². The fourth-order valence-electron chi connectivity index (χ4n) is 4.24. The number of ether oxygens (including phenoxy) is 1. The number of carbonyl (C=O) groups is 1. The first-order valence-electron chi connectivity index (χ1n) is 10.8. The number of nitrogens with zero attached hydrogens (tertiary/aromatic N) is 4. The predicted molar refractivity (Wildman–Crippen MR) is 121 cm³/mol. The zero-order chi connectivity index (χ0) is 22.9. The number of para-hydroxylation sites is 1. The highest BCUT2D eigenvalue weighted by Crippen LogP contribution is 2.29. The molecule has 1 amide bonds. The van der Waals surface area contributed by atoms with Crippen LogP contribution < -0.4 is 9.64 Å². The number of aromatic nitrogens is 3. The lowest BCUT2D eigenvalue weighted by molar-refractivity contribution is -0.117. The number of fused-ring (bicyclic) bond motifs is 1. The summed E-state index contributed by atoms with van der Waals surface area (Å²) in [5, 5.41) is 0. The molecule has 1 aliphatic heterocycles. The van der Waals surface area contributed by atoms with Crippen LogP contribution in [0.5, 0.6) is 5.75 Å². The Labute approximate surface area is 189 Å². The molecule has 1 fully saturated rings. The van der Waals surface area contributed by atoms with E-state index in [-0.39, 0.29) is 11.7 Å². The van der Waals surface area contributed by atoms with Gasteiger partial charge in [0.25, 0.3) is 0 Å². The summed E-state index contributed by atoms with van der Waals surface area (Å²) in [6.07, 6.45) is 3.18. The summed E-state index contributed by atoms with van der Waals surface area (Å²) < 4.78 is 32.3. The quantitative estimate of drug-likeness (QED) is 0.408. The van der Waals surface area contributed by atoms with Crippen LogP contribution in [0, 0.1) is 6.92 Å². The van der Waals surface area contributed by atoms with Crippen LogP contribution in [-0.2, 0) is 11.3 Å². The molecule has 1 saturated heterocycles. The van der Waals surface area contributed by atoms with Gasteiger partial charge in [-0.25, -0.2) is 9.97 Å². The third-order valence-corrected chi connectivity index (χ3v) is 5.89. The van der Waals surface area contributed by atoms with Gasteiger partial charge in [0.15, 0.2) is 0 Å². The summed E-state index contributed by atoms with van der Waals surface area (Å²) in [5.74, 6) is 1.70. The second kappa shape index (κ2) is 8.61. The minimum atomic E-state index is -2.88. The van der Waals surface area contributed by atoms with Crippen molar-refractivity contribution in [2.75, 3.05) is 11.4 Å². The maximum absolute atomic E-state index is 12.8. The molecular formula is C25H22F2N4O2. The summed E-state index contributed by atoms with van der Waals surface area (Å²) in [5.41, 5.74) is 4.21. The Kier molecular flexibility index (Phi) is 5.50. The van der Waals surface area contributed by atoms with Crippen LogP contribution in [0.1, 0.15) is 24.2 Å². The number of carbonyl (C=O) groups excluding carboxylic acids is 1. The molecule has 0 bridgehead atoms. The number of benzene rings is 2. The highest BCUT2D eigenvalue weighted by molar-refractivity contribution is 5.94. The van der Waals surface area contributed by atoms with Crippen LogP contribution in [-0.4, -0.2) is 33.6 Å². The first kappa shape index (κ1) is 21.1. The third kappa shape index (κ3) is 4.16. The molecule has 6 nitrogen and oxygen atoms in total. The molecule has 0 atom stereocenters. The Morgan fingerprint density at radius 1 is 1.09 bits per heavy atom. The van der Waals surface area contributed by atoms with Crippen molar-refractivity contribution in [1.82, 2.24) is 14.5 Å². The van der Waals surface area contributed by atoms with Crippen molar-refractivity contribution >= 4 is 22.8 Å². The first-order chi connectivity index (χ1) is 16.0. The molecule has 33 heavy (non-hydrogen) atoms. The van der Waals surface area contributed by atoms with Crippen LogP contribution in [0.2, 0.25) is 0 Å². The number of hydrogen-bond donors (Lipinski definition) is 0. The molecule has 0 spiro atoms. The van der Waals surface area contributed by atoms with E-state index in [1.165, 1.54) is 0 Å². The maximum Gasteiger partial charge on any atom is 0.387 e. The normalized spacial score (nSPS) is 13.9. The molecular weight excluding hydrogens is 426 g/mol. The molecule has 8 heteroatoms. The molecule has 2 aromatic carbocycles. The van der Waals surface area contributed by atoms with E-state index in [0.717, 1.165) is 34.4 Å². The van der Waals surface area contributed by atoms with E-state index in [2.05, 4.69) is 9.97 Å². The standard InChI is InChI=1S/C25H22F2N4O2/c1-16-29-20-10-8-17(18-9-11-23(28-14-18)30-12-4-7-24(30)32)13-21(20)31(16)15-19-5-2-3-6-22(19)33-25(26)27/h2-3,5-6,8-11,13-14,25H,4,7,12,15H2,1H3. The molecule has 4 aromatic rings. The average molecular weight is 448 g/mol. The summed E-state index contributed by atoms with van der Waals surface area (Å²) in [4.78, 5) is 22.8. The molecule has 5 rings (SSSR count). The number of hydrogen-bond acceptors (Lipinski definition) is 4. The zero-order valence-electron chi connectivity index (χ0n) is 18.0. The van der Waals surface area contributed by atoms with Crippen molar-refractivity contribution in [2.24, 2.45) is 0 Å². The van der Waals surface area contributed by atoms with Crippen LogP contribution in [0.4, 0.5) is 14.6 Å². The molecule has 3 heterocycles. The minimum absolute atomic E-state index is 0.104. The number of halogens is 2. The van der Waals surface area contributed by atoms with Gasteiger partial charge in [0, 0.05) is 30.3 Å². The van der Waals surface area contributed by atoms with Crippen molar-refractivity contribution in [3.63, 3.8) is 0 Å². The van der Waals surface area contributed by atoms with Gasteiger partial charge in [-0.3, -0.25) is 9.69 Å². The SMILES string of the molecule is Cc1nc2ccc(-c3ccc(N4CCCC4=O)nc3)cc2n1Cc1ccccc1OC(F)F. The van der Waals surface area contributed by atoms with Crippen molar-refractivity contribution in [3.05, 3.63) is 72.2 Å². The molecule has 0 aliphatic carbocycles. The van der Waals surface area contributed by atoms with E-state index in [9.17, 15) is 13.6 Å². The average Bonchev–Trinajstić information content (AvgIpc) is 3.37. The van der Waals surface area contributed by atoms with Gasteiger partial charge in [0.1, 0.15) is 17.4 Å². The van der Waals surface area contributed by atoms with Crippen LogP contribution >= 0.6 is 0 Å². The van der Waals surface area contributed by atoms with Crippen molar-refractivity contribution < 1.29 is 18.3 Å². The summed E-state index contributed by atoms with van der Waals surface area (Å²) >= 11 is 0. The van der Waals surface area contributed by atoms with Crippen LogP contribution in [0.3, 0.4) is 0 Å². The fraction of sp³-hybridized carbons (Fsp3) is 0.240. The third-order valence-electron chi connectivity index (χ3n) is 5.89. The second-order valence-corrected chi connectivity index (χ2v) is 7.99. The van der Waals surface area contributed by atoms with Gasteiger partial charge in [-0.2, -0.15) is 8.78 Å². The van der Waals surface area contributed by atoms with Gasteiger partial charge in [0.05, 0.1) is 17.6 Å². The van der Waals surface area contributed by atoms with E-state index < -0.39 is 6.61 Å². The summed E-state index contributed by atoms with van der Waals surface area (Å²) in [6.45, 7) is 0.0549. The largest absolute Gasteiger partial charge is 0.434 e. The number of imidazole rings is 1. The monoisotopic (exact) mass is 448 g/mol. The topological polar surface area (TPSA) is 60.2 Å². The lowest BCUT2D eigenvalue weighted by Gasteiger charge is -2.15. The van der Waals surface area contributed by atoms with Gasteiger partial charge >= 0.3 is 6.61 Å². The highest BCUT2D eigenvalue weighted by Gasteiger charge is 2.22. The highest BCUT2D eigenvalue weighted by atomic mass is 19.3. The molecule has 0 N–H and O–H groups in total. The summed E-state index contributed by atoms with van der Waals surface area (Å²) in [6, 6.07) is 16.5. The van der Waals surface area contributed by atoms with Gasteiger partial charge < -0.3 is 9.30 Å². The zero-order valence-corrected chi connectivity index (χ0v) is 18.0. The Hall–Kier alpha value is -3.81. The number of alkyl halides is 2. The lowest BCUT2D eigenvalue weighted by Crippen LogP contribution is -2.24. The molecule has 168 valence electrons.